The lowest BCUT2D eigenvalue weighted by atomic mass is 10.2. The van der Waals surface area contributed by atoms with Gasteiger partial charge in [0.25, 0.3) is 5.91 Å². The van der Waals surface area contributed by atoms with Crippen LogP contribution in [0.15, 0.2) is 12.1 Å². The van der Waals surface area contributed by atoms with Gasteiger partial charge in [-0.3, -0.25) is 4.79 Å². The third-order valence-corrected chi connectivity index (χ3v) is 2.76. The van der Waals surface area contributed by atoms with Crippen LogP contribution in [-0.4, -0.2) is 18.6 Å². The number of halogens is 5. The van der Waals surface area contributed by atoms with Gasteiger partial charge in [0, 0.05) is 6.54 Å². The highest BCUT2D eigenvalue weighted by Gasteiger charge is 2.27. The summed E-state index contributed by atoms with van der Waals surface area (Å²) in [4.78, 5) is 11.6. The SMILES string of the molecule is Nc1ccc(Cl)c(C(=O)NCCC(F)(F)F)c1Cl. The van der Waals surface area contributed by atoms with Gasteiger partial charge in [-0.15, -0.1) is 0 Å². The number of carbonyl (C=O) groups is 1. The van der Waals surface area contributed by atoms with Crippen molar-refractivity contribution >= 4 is 34.8 Å². The molecule has 0 aliphatic rings. The lowest BCUT2D eigenvalue weighted by Gasteiger charge is -2.11. The van der Waals surface area contributed by atoms with Gasteiger partial charge in [-0.2, -0.15) is 13.2 Å². The molecule has 3 nitrogen and oxygen atoms in total. The summed E-state index contributed by atoms with van der Waals surface area (Å²) in [5.74, 6) is -0.790. The molecule has 0 bridgehead atoms. The van der Waals surface area contributed by atoms with Crippen molar-refractivity contribution in [2.45, 2.75) is 12.6 Å². The summed E-state index contributed by atoms with van der Waals surface area (Å²) in [6.45, 7) is -0.552. The van der Waals surface area contributed by atoms with E-state index in [2.05, 4.69) is 5.32 Å². The highest BCUT2D eigenvalue weighted by molar-refractivity contribution is 6.41. The number of alkyl halides is 3. The third-order valence-electron chi connectivity index (χ3n) is 2.04. The number of nitrogens with two attached hydrogens (primary N) is 1. The Balaban J connectivity index is 2.76. The molecular weight excluding hydrogens is 292 g/mol. The average Bonchev–Trinajstić information content (AvgIpc) is 2.22. The normalized spacial score (nSPS) is 11.4. The van der Waals surface area contributed by atoms with Crippen LogP contribution in [-0.2, 0) is 0 Å². The van der Waals surface area contributed by atoms with Crippen molar-refractivity contribution in [1.29, 1.82) is 0 Å². The predicted molar refractivity (Wildman–Crippen MR) is 63.9 cm³/mol. The van der Waals surface area contributed by atoms with E-state index in [9.17, 15) is 18.0 Å². The van der Waals surface area contributed by atoms with Gasteiger partial charge in [0.05, 0.1) is 27.7 Å². The molecular formula is C10H9Cl2F3N2O. The molecule has 1 amide bonds. The van der Waals surface area contributed by atoms with Crippen LogP contribution in [0, 0.1) is 0 Å². The zero-order chi connectivity index (χ0) is 13.9. The van der Waals surface area contributed by atoms with E-state index in [1.54, 1.807) is 0 Å². The summed E-state index contributed by atoms with van der Waals surface area (Å²) in [6, 6.07) is 2.75. The first-order valence-electron chi connectivity index (χ1n) is 4.81. The number of carbonyl (C=O) groups excluding carboxylic acids is 1. The number of amides is 1. The van der Waals surface area contributed by atoms with Gasteiger partial charge >= 0.3 is 6.18 Å². The van der Waals surface area contributed by atoms with E-state index in [1.165, 1.54) is 12.1 Å². The summed E-state index contributed by atoms with van der Waals surface area (Å²) >= 11 is 11.5. The molecule has 0 saturated heterocycles. The maximum absolute atomic E-state index is 11.9. The van der Waals surface area contributed by atoms with Crippen LogP contribution in [0.2, 0.25) is 10.0 Å². The maximum atomic E-state index is 11.9. The topological polar surface area (TPSA) is 55.1 Å². The first-order chi connectivity index (χ1) is 8.22. The smallest absolute Gasteiger partial charge is 0.390 e. The molecule has 0 aliphatic heterocycles. The summed E-state index contributed by atoms with van der Waals surface area (Å²) in [5.41, 5.74) is 5.48. The lowest BCUT2D eigenvalue weighted by Crippen LogP contribution is -2.28. The molecule has 0 unspecified atom stereocenters. The van der Waals surface area contributed by atoms with Gasteiger partial charge < -0.3 is 11.1 Å². The van der Waals surface area contributed by atoms with Crippen molar-refractivity contribution in [3.05, 3.63) is 27.7 Å². The molecule has 0 radical (unpaired) electrons. The van der Waals surface area contributed by atoms with E-state index in [0.29, 0.717) is 0 Å². The predicted octanol–water partition coefficient (Wildman–Crippen LogP) is 3.26. The van der Waals surface area contributed by atoms with Crippen LogP contribution in [0.4, 0.5) is 18.9 Å². The van der Waals surface area contributed by atoms with E-state index in [1.807, 2.05) is 0 Å². The van der Waals surface area contributed by atoms with Crippen LogP contribution in [0.25, 0.3) is 0 Å². The van der Waals surface area contributed by atoms with E-state index in [-0.39, 0.29) is 21.3 Å². The molecule has 0 atom stereocenters. The van der Waals surface area contributed by atoms with E-state index < -0.39 is 25.0 Å². The maximum Gasteiger partial charge on any atom is 0.390 e. The van der Waals surface area contributed by atoms with Crippen LogP contribution in [0.1, 0.15) is 16.8 Å². The zero-order valence-corrected chi connectivity index (χ0v) is 10.5. The zero-order valence-electron chi connectivity index (χ0n) is 8.94. The van der Waals surface area contributed by atoms with Crippen molar-refractivity contribution in [2.24, 2.45) is 0 Å². The molecule has 1 aromatic carbocycles. The van der Waals surface area contributed by atoms with Crippen molar-refractivity contribution in [3.63, 3.8) is 0 Å². The second kappa shape index (κ2) is 5.67. The molecule has 0 aromatic heterocycles. The Morgan fingerprint density at radius 2 is 1.94 bits per heavy atom. The second-order valence-corrected chi connectivity index (χ2v) is 4.23. The first-order valence-corrected chi connectivity index (χ1v) is 5.56. The number of hydrogen-bond acceptors (Lipinski definition) is 2. The van der Waals surface area contributed by atoms with Gasteiger partial charge in [-0.05, 0) is 12.1 Å². The van der Waals surface area contributed by atoms with Gasteiger partial charge in [0.15, 0.2) is 0 Å². The highest BCUT2D eigenvalue weighted by atomic mass is 35.5. The van der Waals surface area contributed by atoms with E-state index >= 15 is 0 Å². The Morgan fingerprint density at radius 1 is 1.33 bits per heavy atom. The van der Waals surface area contributed by atoms with Crippen molar-refractivity contribution in [3.8, 4) is 0 Å². The fourth-order valence-electron chi connectivity index (χ4n) is 1.18. The Hall–Kier alpha value is -1.14. The Morgan fingerprint density at radius 3 is 2.50 bits per heavy atom. The Kier molecular flexibility index (Phi) is 4.70. The first kappa shape index (κ1) is 14.9. The van der Waals surface area contributed by atoms with E-state index in [4.69, 9.17) is 28.9 Å². The summed E-state index contributed by atoms with van der Waals surface area (Å²) in [5, 5.41) is 2.03. The largest absolute Gasteiger partial charge is 0.398 e. The van der Waals surface area contributed by atoms with Crippen LogP contribution in [0.5, 0.6) is 0 Å². The van der Waals surface area contributed by atoms with Crippen molar-refractivity contribution < 1.29 is 18.0 Å². The fourth-order valence-corrected chi connectivity index (χ4v) is 1.73. The number of nitrogens with one attached hydrogen (secondary N) is 1. The minimum atomic E-state index is -4.34. The minimum Gasteiger partial charge on any atom is -0.398 e. The molecule has 0 heterocycles. The molecule has 18 heavy (non-hydrogen) atoms. The number of rotatable bonds is 3. The average molecular weight is 301 g/mol. The summed E-state index contributed by atoms with van der Waals surface area (Å²) in [7, 11) is 0. The van der Waals surface area contributed by atoms with Crippen LogP contribution in [0.3, 0.4) is 0 Å². The van der Waals surface area contributed by atoms with Crippen LogP contribution < -0.4 is 11.1 Å². The highest BCUT2D eigenvalue weighted by Crippen LogP contribution is 2.29. The molecule has 0 fully saturated rings. The molecule has 100 valence electrons. The molecule has 0 saturated carbocycles. The quantitative estimate of drug-likeness (QED) is 0.842. The number of anilines is 1. The monoisotopic (exact) mass is 300 g/mol. The van der Waals surface area contributed by atoms with Gasteiger partial charge in [-0.1, -0.05) is 23.2 Å². The summed E-state index contributed by atoms with van der Waals surface area (Å²) < 4.78 is 35.7. The van der Waals surface area contributed by atoms with Crippen molar-refractivity contribution in [2.75, 3.05) is 12.3 Å². The fraction of sp³-hybridized carbons (Fsp3) is 0.300. The standard InChI is InChI=1S/C10H9Cl2F3N2O/c11-5-1-2-6(16)8(12)7(5)9(18)17-4-3-10(13,14)15/h1-2H,3-4,16H2,(H,17,18). The lowest BCUT2D eigenvalue weighted by molar-refractivity contribution is -0.132. The van der Waals surface area contributed by atoms with Crippen LogP contribution >= 0.6 is 23.2 Å². The molecule has 1 rings (SSSR count). The van der Waals surface area contributed by atoms with Gasteiger partial charge in [-0.25, -0.2) is 0 Å². The van der Waals surface area contributed by atoms with Gasteiger partial charge in [0.2, 0.25) is 0 Å². The number of benzene rings is 1. The molecule has 0 spiro atoms. The molecule has 0 aliphatic carbocycles. The van der Waals surface area contributed by atoms with Crippen molar-refractivity contribution in [1.82, 2.24) is 5.32 Å². The number of nitrogen functional groups attached to an aromatic ring is 1. The third kappa shape index (κ3) is 3.96. The summed E-state index contributed by atoms with van der Waals surface area (Å²) in [6.07, 6.45) is -5.47. The molecule has 1 aromatic rings. The second-order valence-electron chi connectivity index (χ2n) is 3.45. The van der Waals surface area contributed by atoms with E-state index in [0.717, 1.165) is 0 Å². The molecule has 8 heteroatoms. The Labute approximate surface area is 111 Å². The minimum absolute atomic E-state index is 0.0266. The van der Waals surface area contributed by atoms with Gasteiger partial charge in [0.1, 0.15) is 0 Å². The molecule has 3 N–H and O–H groups in total. The number of hydrogen-bond donors (Lipinski definition) is 2. The Bertz CT molecular complexity index is 463.